The molecule has 0 bridgehead atoms. The van der Waals surface area contributed by atoms with Gasteiger partial charge in [-0.2, -0.15) is 0 Å². The zero-order chi connectivity index (χ0) is 19.4. The van der Waals surface area contributed by atoms with Crippen molar-refractivity contribution in [1.82, 2.24) is 24.5 Å². The summed E-state index contributed by atoms with van der Waals surface area (Å²) >= 11 is 0. The van der Waals surface area contributed by atoms with Crippen LogP contribution < -0.4 is 10.5 Å². The molecule has 1 aromatic carbocycles. The van der Waals surface area contributed by atoms with Gasteiger partial charge in [0.05, 0.1) is 5.39 Å². The molecule has 3 heterocycles. The topological polar surface area (TPSA) is 91.7 Å². The number of hydrogen-bond acceptors (Lipinski definition) is 6. The summed E-state index contributed by atoms with van der Waals surface area (Å²) in [6, 6.07) is 9.77. The zero-order valence-electron chi connectivity index (χ0n) is 15.8. The minimum atomic E-state index is 0.314. The first kappa shape index (κ1) is 18.3. The van der Waals surface area contributed by atoms with Crippen LogP contribution in [0.5, 0.6) is 11.8 Å². The number of nitrogens with two attached hydrogens (primary N) is 1. The number of nitrogen functional groups attached to an aromatic ring is 1. The van der Waals surface area contributed by atoms with Gasteiger partial charge in [0, 0.05) is 30.7 Å². The zero-order valence-corrected chi connectivity index (χ0v) is 15.8. The molecule has 0 fully saturated rings. The Labute approximate surface area is 157 Å². The fourth-order valence-corrected chi connectivity index (χ4v) is 2.88. The van der Waals surface area contributed by atoms with Crippen LogP contribution in [-0.2, 0) is 7.05 Å². The third-order valence-corrected chi connectivity index (χ3v) is 4.18. The Morgan fingerprint density at radius 2 is 1.63 bits per heavy atom. The molecule has 7 nitrogen and oxygen atoms in total. The Morgan fingerprint density at radius 1 is 0.963 bits per heavy atom. The summed E-state index contributed by atoms with van der Waals surface area (Å²) in [6.07, 6.45) is 4.76. The lowest BCUT2D eigenvalue weighted by Gasteiger charge is -2.06. The largest absolute Gasteiger partial charge is 0.424 e. The second-order valence-corrected chi connectivity index (χ2v) is 5.63. The average molecular weight is 362 g/mol. The van der Waals surface area contributed by atoms with E-state index in [0.717, 1.165) is 27.9 Å². The van der Waals surface area contributed by atoms with E-state index in [1.165, 1.54) is 6.33 Å². The highest BCUT2D eigenvalue weighted by Gasteiger charge is 2.17. The summed E-state index contributed by atoms with van der Waals surface area (Å²) in [5.41, 5.74) is 10.0. The van der Waals surface area contributed by atoms with Crippen LogP contribution >= 0.6 is 0 Å². The van der Waals surface area contributed by atoms with E-state index in [9.17, 15) is 0 Å². The van der Waals surface area contributed by atoms with Gasteiger partial charge >= 0.3 is 6.01 Å². The second-order valence-electron chi connectivity index (χ2n) is 5.63. The Balaban J connectivity index is 0.00000102. The summed E-state index contributed by atoms with van der Waals surface area (Å²) in [6.45, 7) is 6.04. The summed E-state index contributed by atoms with van der Waals surface area (Å²) in [5.74, 6) is 1.14. The van der Waals surface area contributed by atoms with Crippen LogP contribution in [0.4, 0.5) is 5.82 Å². The van der Waals surface area contributed by atoms with Gasteiger partial charge in [-0.1, -0.05) is 26.0 Å². The van der Waals surface area contributed by atoms with Crippen molar-refractivity contribution in [3.8, 4) is 22.9 Å². The third kappa shape index (κ3) is 3.44. The van der Waals surface area contributed by atoms with Gasteiger partial charge in [-0.3, -0.25) is 0 Å². The summed E-state index contributed by atoms with van der Waals surface area (Å²) in [5, 5.41) is 0.863. The number of rotatable bonds is 3. The molecule has 0 saturated carbocycles. The van der Waals surface area contributed by atoms with Crippen LogP contribution in [-0.4, -0.2) is 24.5 Å². The Hall–Kier alpha value is -3.48. The standard InChI is InChI=1S/C18H16N6O.C2H6/c1-11-14(15-16(19)22-10-23-17(15)24(11)2)12-4-6-13(7-5-12)25-18-20-8-3-9-21-18;1-2/h3-10H,1-2H3,(H2,19,22,23);1-2H3. The van der Waals surface area contributed by atoms with Gasteiger partial charge in [-0.25, -0.2) is 19.9 Å². The second kappa shape index (κ2) is 7.82. The van der Waals surface area contributed by atoms with E-state index >= 15 is 0 Å². The van der Waals surface area contributed by atoms with Gasteiger partial charge in [-0.15, -0.1) is 0 Å². The van der Waals surface area contributed by atoms with Gasteiger partial charge in [0.1, 0.15) is 23.5 Å². The predicted octanol–water partition coefficient (Wildman–Crippen LogP) is 4.13. The van der Waals surface area contributed by atoms with Gasteiger partial charge in [0.15, 0.2) is 0 Å². The smallest absolute Gasteiger partial charge is 0.321 e. The molecule has 2 N–H and O–H groups in total. The number of fused-ring (bicyclic) bond motifs is 1. The minimum Gasteiger partial charge on any atom is -0.424 e. The lowest BCUT2D eigenvalue weighted by Crippen LogP contribution is -1.95. The van der Waals surface area contributed by atoms with E-state index < -0.39 is 0 Å². The van der Waals surface area contributed by atoms with Crippen molar-refractivity contribution >= 4 is 16.9 Å². The molecule has 0 atom stereocenters. The molecule has 0 aliphatic carbocycles. The van der Waals surface area contributed by atoms with E-state index in [4.69, 9.17) is 10.5 Å². The molecule has 27 heavy (non-hydrogen) atoms. The highest BCUT2D eigenvalue weighted by molar-refractivity contribution is 6.02. The summed E-state index contributed by atoms with van der Waals surface area (Å²) in [7, 11) is 1.97. The highest BCUT2D eigenvalue weighted by atomic mass is 16.5. The summed E-state index contributed by atoms with van der Waals surface area (Å²) < 4.78 is 7.66. The van der Waals surface area contributed by atoms with Gasteiger partial charge in [-0.05, 0) is 30.7 Å². The average Bonchev–Trinajstić information content (AvgIpc) is 2.97. The van der Waals surface area contributed by atoms with Gasteiger partial charge < -0.3 is 15.0 Å². The Morgan fingerprint density at radius 3 is 2.30 bits per heavy atom. The Kier molecular flexibility index (Phi) is 5.30. The van der Waals surface area contributed by atoms with Crippen molar-refractivity contribution in [2.45, 2.75) is 20.8 Å². The first-order valence-corrected chi connectivity index (χ1v) is 8.76. The van der Waals surface area contributed by atoms with E-state index in [1.54, 1.807) is 18.5 Å². The van der Waals surface area contributed by atoms with Crippen LogP contribution in [0.15, 0.2) is 49.1 Å². The lowest BCUT2D eigenvalue weighted by molar-refractivity contribution is 0.442. The molecule has 4 rings (SSSR count). The number of aromatic nitrogens is 5. The molecule has 0 amide bonds. The maximum Gasteiger partial charge on any atom is 0.321 e. The first-order valence-electron chi connectivity index (χ1n) is 8.76. The number of aryl methyl sites for hydroxylation is 1. The van der Waals surface area contributed by atoms with Crippen LogP contribution in [0, 0.1) is 6.92 Å². The van der Waals surface area contributed by atoms with Crippen LogP contribution in [0.1, 0.15) is 19.5 Å². The monoisotopic (exact) mass is 362 g/mol. The molecule has 0 spiro atoms. The van der Waals surface area contributed by atoms with E-state index in [1.807, 2.05) is 56.7 Å². The SMILES string of the molecule is CC.Cc1c(-c2ccc(Oc3ncccn3)cc2)c2c(N)ncnc2n1C. The van der Waals surface area contributed by atoms with Crippen molar-refractivity contribution < 1.29 is 4.74 Å². The van der Waals surface area contributed by atoms with Crippen molar-refractivity contribution in [3.63, 3.8) is 0 Å². The van der Waals surface area contributed by atoms with E-state index in [-0.39, 0.29) is 0 Å². The molecule has 138 valence electrons. The minimum absolute atomic E-state index is 0.314. The summed E-state index contributed by atoms with van der Waals surface area (Å²) in [4.78, 5) is 16.6. The molecule has 0 saturated heterocycles. The number of benzene rings is 1. The quantitative estimate of drug-likeness (QED) is 0.589. The lowest BCUT2D eigenvalue weighted by atomic mass is 10.0. The fraction of sp³-hybridized carbons (Fsp3) is 0.200. The van der Waals surface area contributed by atoms with Crippen LogP contribution in [0.2, 0.25) is 0 Å². The number of nitrogens with zero attached hydrogens (tertiary/aromatic N) is 5. The fourth-order valence-electron chi connectivity index (χ4n) is 2.88. The molecule has 7 heteroatoms. The van der Waals surface area contributed by atoms with Crippen LogP contribution in [0.3, 0.4) is 0 Å². The predicted molar refractivity (Wildman–Crippen MR) is 107 cm³/mol. The molecule has 0 unspecified atom stereocenters. The van der Waals surface area contributed by atoms with Crippen molar-refractivity contribution in [3.05, 3.63) is 54.7 Å². The molecule has 0 radical (unpaired) electrons. The molecule has 0 aliphatic heterocycles. The first-order chi connectivity index (χ1) is 13.1. The number of anilines is 1. The van der Waals surface area contributed by atoms with E-state index in [0.29, 0.717) is 17.6 Å². The maximum absolute atomic E-state index is 6.10. The molecule has 0 aliphatic rings. The third-order valence-electron chi connectivity index (χ3n) is 4.18. The van der Waals surface area contributed by atoms with Crippen molar-refractivity contribution in [2.24, 2.45) is 7.05 Å². The number of hydrogen-bond donors (Lipinski definition) is 1. The molecule has 4 aromatic rings. The maximum atomic E-state index is 6.10. The van der Waals surface area contributed by atoms with Gasteiger partial charge in [0.25, 0.3) is 0 Å². The van der Waals surface area contributed by atoms with Gasteiger partial charge in [0.2, 0.25) is 0 Å². The highest BCUT2D eigenvalue weighted by Crippen LogP contribution is 2.36. The molecular formula is C20H22N6O. The van der Waals surface area contributed by atoms with E-state index in [2.05, 4.69) is 19.9 Å². The number of ether oxygens (including phenoxy) is 1. The normalized spacial score (nSPS) is 10.4. The van der Waals surface area contributed by atoms with Crippen LogP contribution in [0.25, 0.3) is 22.2 Å². The Bertz CT molecular complexity index is 1040. The molecular weight excluding hydrogens is 340 g/mol. The van der Waals surface area contributed by atoms with Crippen molar-refractivity contribution in [1.29, 1.82) is 0 Å². The van der Waals surface area contributed by atoms with Crippen molar-refractivity contribution in [2.75, 3.05) is 5.73 Å². The molecule has 3 aromatic heterocycles.